The number of piperidine rings is 1. The van der Waals surface area contributed by atoms with Gasteiger partial charge >= 0.3 is 0 Å². The number of nitrogens with one attached hydrogen (secondary N) is 1. The minimum Gasteiger partial charge on any atom is -0.346 e. The number of carbonyl (C=O) groups excluding carboxylic acids is 1. The molecule has 1 N–H and O–H groups in total. The highest BCUT2D eigenvalue weighted by Crippen LogP contribution is 2.40. The largest absolute Gasteiger partial charge is 0.346 e. The molecule has 0 unspecified atom stereocenters. The second-order valence-electron chi connectivity index (χ2n) is 9.20. The van der Waals surface area contributed by atoms with Crippen molar-refractivity contribution in [2.45, 2.75) is 69.1 Å². The molecule has 2 aromatic heterocycles. The van der Waals surface area contributed by atoms with E-state index in [0.29, 0.717) is 24.2 Å². The summed E-state index contributed by atoms with van der Waals surface area (Å²) in [5, 5.41) is 4.19. The van der Waals surface area contributed by atoms with Crippen LogP contribution in [0, 0.1) is 0 Å². The molecular formula is C26H32N4OS. The fraction of sp³-hybridized carbons (Fsp3) is 0.462. The van der Waals surface area contributed by atoms with Gasteiger partial charge in [0.25, 0.3) is 5.91 Å². The van der Waals surface area contributed by atoms with Gasteiger partial charge in [0, 0.05) is 51.9 Å². The molecule has 5 rings (SSSR count). The van der Waals surface area contributed by atoms with Crippen LogP contribution in [0.1, 0.15) is 66.8 Å². The van der Waals surface area contributed by atoms with Gasteiger partial charge in [0.15, 0.2) is 0 Å². The lowest BCUT2D eigenvalue weighted by Crippen LogP contribution is -2.37. The zero-order valence-electron chi connectivity index (χ0n) is 19.0. The Balaban J connectivity index is 1.34. The van der Waals surface area contributed by atoms with E-state index in [4.69, 9.17) is 0 Å². The van der Waals surface area contributed by atoms with Crippen molar-refractivity contribution in [2.75, 3.05) is 12.8 Å². The maximum atomic E-state index is 12.8. The number of hydrogen-bond donors (Lipinski definition) is 1. The normalized spacial score (nSPS) is 19.4. The number of nitrogens with zero attached hydrogens (tertiary/aromatic N) is 3. The molecule has 5 nitrogen and oxygen atoms in total. The molecule has 1 atom stereocenters. The van der Waals surface area contributed by atoms with Gasteiger partial charge in [-0.1, -0.05) is 6.42 Å². The number of rotatable bonds is 7. The Morgan fingerprint density at radius 1 is 1.16 bits per heavy atom. The monoisotopic (exact) mass is 448 g/mol. The Bertz CT molecular complexity index is 1100. The predicted octanol–water partition coefficient (Wildman–Crippen LogP) is 5.40. The van der Waals surface area contributed by atoms with E-state index >= 15 is 0 Å². The number of hydrogen-bond acceptors (Lipinski definition) is 4. The van der Waals surface area contributed by atoms with Crippen LogP contribution in [0.2, 0.25) is 0 Å². The van der Waals surface area contributed by atoms with Gasteiger partial charge in [-0.05, 0) is 81.8 Å². The number of likely N-dealkylation sites (tertiary alicyclic amines) is 1. The highest BCUT2D eigenvalue weighted by atomic mass is 32.2. The van der Waals surface area contributed by atoms with Gasteiger partial charge in [-0.2, -0.15) is 0 Å². The first-order chi connectivity index (χ1) is 15.6. The molecular weight excluding hydrogens is 416 g/mol. The zero-order valence-corrected chi connectivity index (χ0v) is 19.8. The molecule has 1 aliphatic carbocycles. The molecule has 0 spiro atoms. The van der Waals surface area contributed by atoms with Crippen LogP contribution in [0.15, 0.2) is 47.5 Å². The van der Waals surface area contributed by atoms with Crippen LogP contribution in [-0.4, -0.2) is 39.2 Å². The van der Waals surface area contributed by atoms with Crippen molar-refractivity contribution in [3.8, 4) is 0 Å². The average molecular weight is 449 g/mol. The van der Waals surface area contributed by atoms with Crippen LogP contribution >= 0.6 is 11.8 Å². The van der Waals surface area contributed by atoms with E-state index in [9.17, 15) is 4.79 Å². The summed E-state index contributed by atoms with van der Waals surface area (Å²) in [4.78, 5) is 21.0. The highest BCUT2D eigenvalue weighted by Gasteiger charge is 2.29. The summed E-state index contributed by atoms with van der Waals surface area (Å²) >= 11 is 1.67. The second-order valence-corrected chi connectivity index (χ2v) is 10.1. The molecule has 1 saturated heterocycles. The summed E-state index contributed by atoms with van der Waals surface area (Å²) in [6.45, 7) is 4.99. The van der Waals surface area contributed by atoms with Crippen LogP contribution in [0.5, 0.6) is 0 Å². The quantitative estimate of drug-likeness (QED) is 0.492. The van der Waals surface area contributed by atoms with Crippen molar-refractivity contribution in [1.82, 2.24) is 19.8 Å². The van der Waals surface area contributed by atoms with Crippen molar-refractivity contribution in [2.24, 2.45) is 0 Å². The Labute approximate surface area is 194 Å². The van der Waals surface area contributed by atoms with E-state index in [2.05, 4.69) is 44.9 Å². The molecule has 2 aliphatic rings. The van der Waals surface area contributed by atoms with Crippen molar-refractivity contribution >= 4 is 28.6 Å². The van der Waals surface area contributed by atoms with E-state index in [1.807, 2.05) is 30.7 Å². The summed E-state index contributed by atoms with van der Waals surface area (Å²) in [6.07, 6.45) is 10.3. The molecule has 32 heavy (non-hydrogen) atoms. The standard InChI is InChI=1S/C26H32N4OS/c1-18-5-3-4-12-29(18)17-23-14-20-13-19(6-11-25(20)30(23)22-8-9-22)26(31)28-15-21-7-10-24(32-2)16-27-21/h6-7,10-11,13-14,16,18,22H,3-5,8-9,12,15,17H2,1-2H3,(H,28,31)/t18-/m1/s1. The minimum absolute atomic E-state index is 0.0481. The topological polar surface area (TPSA) is 50.2 Å². The van der Waals surface area contributed by atoms with Crippen LogP contribution in [0.4, 0.5) is 0 Å². The van der Waals surface area contributed by atoms with Gasteiger partial charge in [-0.15, -0.1) is 11.8 Å². The minimum atomic E-state index is -0.0481. The van der Waals surface area contributed by atoms with Gasteiger partial charge in [0.2, 0.25) is 0 Å². The molecule has 1 aromatic carbocycles. The number of thioether (sulfide) groups is 1. The Morgan fingerprint density at radius 2 is 2.03 bits per heavy atom. The first-order valence-corrected chi connectivity index (χ1v) is 13.0. The fourth-order valence-electron chi connectivity index (χ4n) is 4.83. The maximum Gasteiger partial charge on any atom is 0.251 e. The van der Waals surface area contributed by atoms with Crippen molar-refractivity contribution in [3.05, 3.63) is 59.5 Å². The molecule has 1 amide bonds. The van der Waals surface area contributed by atoms with E-state index in [1.165, 1.54) is 55.2 Å². The van der Waals surface area contributed by atoms with Gasteiger partial charge in [-0.25, -0.2) is 0 Å². The summed E-state index contributed by atoms with van der Waals surface area (Å²) in [7, 11) is 0. The molecule has 6 heteroatoms. The number of fused-ring (bicyclic) bond motifs is 1. The van der Waals surface area contributed by atoms with Crippen LogP contribution in [0.25, 0.3) is 10.9 Å². The molecule has 3 aromatic rings. The van der Waals surface area contributed by atoms with E-state index in [0.717, 1.165) is 17.1 Å². The van der Waals surface area contributed by atoms with Crippen LogP contribution in [0.3, 0.4) is 0 Å². The second kappa shape index (κ2) is 9.28. The predicted molar refractivity (Wildman–Crippen MR) is 131 cm³/mol. The summed E-state index contributed by atoms with van der Waals surface area (Å²) < 4.78 is 2.54. The Hall–Kier alpha value is -2.31. The lowest BCUT2D eigenvalue weighted by atomic mass is 10.0. The SMILES string of the molecule is CSc1ccc(CNC(=O)c2ccc3c(c2)cc(CN2CCCC[C@H]2C)n3C2CC2)nc1. The third-order valence-corrected chi connectivity index (χ3v) is 7.57. The van der Waals surface area contributed by atoms with Crippen LogP contribution < -0.4 is 5.32 Å². The lowest BCUT2D eigenvalue weighted by molar-refractivity contribution is 0.0950. The lowest BCUT2D eigenvalue weighted by Gasteiger charge is -2.33. The van der Waals surface area contributed by atoms with E-state index < -0.39 is 0 Å². The highest BCUT2D eigenvalue weighted by molar-refractivity contribution is 7.98. The van der Waals surface area contributed by atoms with Gasteiger partial charge in [0.1, 0.15) is 0 Å². The van der Waals surface area contributed by atoms with Crippen molar-refractivity contribution in [1.29, 1.82) is 0 Å². The molecule has 168 valence electrons. The van der Waals surface area contributed by atoms with Crippen molar-refractivity contribution < 1.29 is 4.79 Å². The molecule has 1 saturated carbocycles. The smallest absolute Gasteiger partial charge is 0.251 e. The summed E-state index contributed by atoms with van der Waals surface area (Å²) in [5.41, 5.74) is 4.24. The summed E-state index contributed by atoms with van der Waals surface area (Å²) in [6, 6.07) is 13.7. The van der Waals surface area contributed by atoms with Crippen molar-refractivity contribution in [3.63, 3.8) is 0 Å². The maximum absolute atomic E-state index is 12.8. The average Bonchev–Trinajstić information content (AvgIpc) is 3.59. The Kier molecular flexibility index (Phi) is 6.24. The van der Waals surface area contributed by atoms with Gasteiger partial charge < -0.3 is 9.88 Å². The fourth-order valence-corrected chi connectivity index (χ4v) is 5.19. The van der Waals surface area contributed by atoms with Crippen LogP contribution in [-0.2, 0) is 13.1 Å². The first kappa shape index (κ1) is 21.5. The van der Waals surface area contributed by atoms with Gasteiger partial charge in [-0.3, -0.25) is 14.7 Å². The third-order valence-electron chi connectivity index (χ3n) is 6.86. The number of aromatic nitrogens is 2. The number of pyridine rings is 1. The number of amides is 1. The molecule has 3 heterocycles. The summed E-state index contributed by atoms with van der Waals surface area (Å²) in [5.74, 6) is -0.0481. The van der Waals surface area contributed by atoms with E-state index in [-0.39, 0.29) is 5.91 Å². The molecule has 0 bridgehead atoms. The number of benzene rings is 1. The zero-order chi connectivity index (χ0) is 22.1. The molecule has 1 aliphatic heterocycles. The molecule has 0 radical (unpaired) electrons. The molecule has 2 fully saturated rings. The first-order valence-electron chi connectivity index (χ1n) is 11.8. The van der Waals surface area contributed by atoms with E-state index in [1.54, 1.807) is 11.8 Å². The third kappa shape index (κ3) is 4.57. The number of carbonyl (C=O) groups is 1. The Morgan fingerprint density at radius 3 is 2.75 bits per heavy atom. The van der Waals surface area contributed by atoms with Gasteiger partial charge in [0.05, 0.1) is 12.2 Å².